The summed E-state index contributed by atoms with van der Waals surface area (Å²) in [7, 11) is 0. The van der Waals surface area contributed by atoms with Crippen molar-refractivity contribution in [3.05, 3.63) is 83.7 Å². The molecule has 0 fully saturated rings. The Labute approximate surface area is 180 Å². The second-order valence-corrected chi connectivity index (χ2v) is 7.22. The van der Waals surface area contributed by atoms with E-state index in [9.17, 15) is 9.59 Å². The van der Waals surface area contributed by atoms with Gasteiger partial charge in [0, 0.05) is 12.6 Å². The molecular formula is C25H24N2O4. The van der Waals surface area contributed by atoms with Crippen molar-refractivity contribution in [2.24, 2.45) is 0 Å². The maximum absolute atomic E-state index is 13.4. The molecule has 2 aromatic carbocycles. The molecule has 3 aromatic rings. The van der Waals surface area contributed by atoms with Crippen molar-refractivity contribution in [2.75, 3.05) is 13.2 Å². The van der Waals surface area contributed by atoms with Gasteiger partial charge < -0.3 is 14.0 Å². The summed E-state index contributed by atoms with van der Waals surface area (Å²) in [5, 5.41) is 0. The number of aromatic nitrogens is 2. The first-order chi connectivity index (χ1) is 15.1. The fraction of sp³-hybridized carbons (Fsp3) is 0.240. The third kappa shape index (κ3) is 3.77. The number of carbonyl (C=O) groups excluding carboxylic acids is 2. The first kappa shape index (κ1) is 20.6. The lowest BCUT2D eigenvalue weighted by Crippen LogP contribution is -2.37. The highest BCUT2D eigenvalue weighted by Gasteiger charge is 2.43. The van der Waals surface area contributed by atoms with E-state index in [-0.39, 0.29) is 13.2 Å². The van der Waals surface area contributed by atoms with Crippen LogP contribution in [0.15, 0.2) is 66.8 Å². The Morgan fingerprint density at radius 3 is 2.61 bits per heavy atom. The number of benzene rings is 2. The van der Waals surface area contributed by atoms with Gasteiger partial charge in [-0.15, -0.1) is 0 Å². The minimum absolute atomic E-state index is 0.207. The van der Waals surface area contributed by atoms with Crippen LogP contribution in [0.1, 0.15) is 30.8 Å². The Morgan fingerprint density at radius 1 is 1.06 bits per heavy atom. The zero-order valence-corrected chi connectivity index (χ0v) is 17.6. The van der Waals surface area contributed by atoms with Gasteiger partial charge in [0.1, 0.15) is 5.82 Å². The number of imidazole rings is 1. The second kappa shape index (κ2) is 8.60. The normalized spacial score (nSPS) is 18.6. The second-order valence-electron chi connectivity index (χ2n) is 7.22. The molecule has 6 heteroatoms. The van der Waals surface area contributed by atoms with Gasteiger partial charge in [0.05, 0.1) is 24.2 Å². The molecule has 31 heavy (non-hydrogen) atoms. The van der Waals surface area contributed by atoms with Crippen LogP contribution < -0.4 is 0 Å². The molecule has 6 nitrogen and oxygen atoms in total. The number of fused-ring (bicyclic) bond motifs is 4. The summed E-state index contributed by atoms with van der Waals surface area (Å²) in [6.45, 7) is 4.48. The summed E-state index contributed by atoms with van der Waals surface area (Å²) in [4.78, 5) is 30.3. The van der Waals surface area contributed by atoms with E-state index >= 15 is 0 Å². The number of para-hydroxylation sites is 2. The quantitative estimate of drug-likeness (QED) is 0.464. The van der Waals surface area contributed by atoms with Gasteiger partial charge in [-0.3, -0.25) is 4.79 Å². The number of hydrogen-bond acceptors (Lipinski definition) is 5. The molecule has 0 amide bonds. The molecule has 1 aliphatic rings. The zero-order chi connectivity index (χ0) is 21.8. The fourth-order valence-electron chi connectivity index (χ4n) is 3.86. The maximum Gasteiger partial charge on any atom is 0.330 e. The molecule has 0 aliphatic carbocycles. The summed E-state index contributed by atoms with van der Waals surface area (Å²) in [6, 6.07) is 15.7. The van der Waals surface area contributed by atoms with Crippen LogP contribution in [-0.4, -0.2) is 34.7 Å². The van der Waals surface area contributed by atoms with Crippen LogP contribution in [0.5, 0.6) is 0 Å². The molecule has 1 atom stereocenters. The van der Waals surface area contributed by atoms with Crippen molar-refractivity contribution in [3.63, 3.8) is 0 Å². The van der Waals surface area contributed by atoms with Crippen LogP contribution in [0, 0.1) is 0 Å². The summed E-state index contributed by atoms with van der Waals surface area (Å²) >= 11 is 0. The van der Waals surface area contributed by atoms with Crippen molar-refractivity contribution in [1.29, 1.82) is 0 Å². The van der Waals surface area contributed by atoms with E-state index in [2.05, 4.69) is 6.07 Å². The van der Waals surface area contributed by atoms with Gasteiger partial charge in [-0.1, -0.05) is 48.6 Å². The van der Waals surface area contributed by atoms with Gasteiger partial charge in [-0.25, -0.2) is 9.78 Å². The topological polar surface area (TPSA) is 70.4 Å². The third-order valence-corrected chi connectivity index (χ3v) is 5.32. The zero-order valence-electron chi connectivity index (χ0n) is 17.6. The highest BCUT2D eigenvalue weighted by atomic mass is 16.5. The molecule has 4 rings (SSSR count). The number of carbonyl (C=O) groups is 2. The predicted molar refractivity (Wildman–Crippen MR) is 118 cm³/mol. The van der Waals surface area contributed by atoms with E-state index in [1.165, 1.54) is 12.2 Å². The van der Waals surface area contributed by atoms with Crippen molar-refractivity contribution in [2.45, 2.75) is 25.8 Å². The Bertz CT molecular complexity index is 1190. The maximum atomic E-state index is 13.4. The van der Waals surface area contributed by atoms with Gasteiger partial charge in [0.2, 0.25) is 0 Å². The summed E-state index contributed by atoms with van der Waals surface area (Å²) in [6.07, 6.45) is 6.47. The van der Waals surface area contributed by atoms with Crippen LogP contribution in [0.25, 0.3) is 17.1 Å². The van der Waals surface area contributed by atoms with Crippen LogP contribution >= 0.6 is 0 Å². The molecule has 1 aliphatic heterocycles. The van der Waals surface area contributed by atoms with Gasteiger partial charge in [-0.2, -0.15) is 0 Å². The van der Waals surface area contributed by atoms with Crippen LogP contribution in [0.3, 0.4) is 0 Å². The summed E-state index contributed by atoms with van der Waals surface area (Å²) < 4.78 is 12.5. The molecule has 0 bridgehead atoms. The van der Waals surface area contributed by atoms with Crippen molar-refractivity contribution >= 4 is 29.0 Å². The molecule has 1 aromatic heterocycles. The van der Waals surface area contributed by atoms with E-state index in [4.69, 9.17) is 14.5 Å². The summed E-state index contributed by atoms with van der Waals surface area (Å²) in [5.41, 5.74) is 2.39. The van der Waals surface area contributed by atoms with Crippen molar-refractivity contribution in [1.82, 2.24) is 9.55 Å². The molecule has 0 spiro atoms. The number of rotatable bonds is 5. The third-order valence-electron chi connectivity index (χ3n) is 5.32. The number of ether oxygens (including phenoxy) is 2. The molecule has 0 radical (unpaired) electrons. The van der Waals surface area contributed by atoms with Crippen LogP contribution in [0.4, 0.5) is 0 Å². The standard InChI is InChI=1S/C25H24N2O4/c1-3-30-22(28)14-16-25(24(29)31-4-2)15-13-18-9-5-6-10-19(18)17-27-21-12-8-7-11-20(21)26-23(25)27/h5-16H,3-4,17H2,1-2H3/b15-13-,16-14+. The van der Waals surface area contributed by atoms with Crippen LogP contribution in [-0.2, 0) is 31.0 Å². The molecule has 2 heterocycles. The van der Waals surface area contributed by atoms with E-state index in [1.807, 2.05) is 53.1 Å². The van der Waals surface area contributed by atoms with E-state index < -0.39 is 17.4 Å². The lowest BCUT2D eigenvalue weighted by atomic mass is 9.83. The average Bonchev–Trinajstić information content (AvgIpc) is 3.12. The Kier molecular flexibility index (Phi) is 5.71. The fourth-order valence-corrected chi connectivity index (χ4v) is 3.86. The van der Waals surface area contributed by atoms with Gasteiger partial charge >= 0.3 is 11.9 Å². The highest BCUT2D eigenvalue weighted by molar-refractivity contribution is 5.93. The summed E-state index contributed by atoms with van der Waals surface area (Å²) in [5.74, 6) is -0.522. The lowest BCUT2D eigenvalue weighted by Gasteiger charge is -2.27. The monoisotopic (exact) mass is 416 g/mol. The lowest BCUT2D eigenvalue weighted by molar-refractivity contribution is -0.146. The molecule has 1 unspecified atom stereocenters. The molecule has 158 valence electrons. The van der Waals surface area contributed by atoms with Crippen molar-refractivity contribution in [3.8, 4) is 0 Å². The molecule has 0 N–H and O–H groups in total. The minimum Gasteiger partial charge on any atom is -0.465 e. The SMILES string of the molecule is CCOC(=O)/C=C/C1(C(=O)OCC)/C=C\c2ccccc2Cn2c1nc1ccccc12. The Hall–Kier alpha value is -3.67. The first-order valence-corrected chi connectivity index (χ1v) is 10.3. The highest BCUT2D eigenvalue weighted by Crippen LogP contribution is 2.35. The van der Waals surface area contributed by atoms with Gasteiger partial charge in [-0.05, 0) is 43.2 Å². The molecule has 0 saturated carbocycles. The number of nitrogens with zero attached hydrogens (tertiary/aromatic N) is 2. The molecule has 0 saturated heterocycles. The van der Waals surface area contributed by atoms with Gasteiger partial charge in [0.15, 0.2) is 5.41 Å². The number of esters is 2. The first-order valence-electron chi connectivity index (χ1n) is 10.3. The van der Waals surface area contributed by atoms with Crippen molar-refractivity contribution < 1.29 is 19.1 Å². The van der Waals surface area contributed by atoms with E-state index in [0.717, 1.165) is 22.2 Å². The molecular weight excluding hydrogens is 392 g/mol. The smallest absolute Gasteiger partial charge is 0.330 e. The Balaban J connectivity index is 2.01. The van der Waals surface area contributed by atoms with Crippen LogP contribution in [0.2, 0.25) is 0 Å². The van der Waals surface area contributed by atoms with E-state index in [1.54, 1.807) is 19.9 Å². The van der Waals surface area contributed by atoms with Gasteiger partial charge in [0.25, 0.3) is 0 Å². The largest absolute Gasteiger partial charge is 0.465 e. The van der Waals surface area contributed by atoms with E-state index in [0.29, 0.717) is 12.4 Å². The average molecular weight is 416 g/mol. The minimum atomic E-state index is -1.38. The predicted octanol–water partition coefficient (Wildman–Crippen LogP) is 4.03. The Morgan fingerprint density at radius 2 is 1.81 bits per heavy atom. The number of hydrogen-bond donors (Lipinski definition) is 0.